The molecule has 2 aromatic carbocycles. The van der Waals surface area contributed by atoms with Crippen LogP contribution in [0.15, 0.2) is 48.5 Å². The SMILES string of the molecule is O=C(O)c1cccc2c1CC(c1ccccc1)C(=O)N2. The average Bonchev–Trinajstić information content (AvgIpc) is 2.46. The van der Waals surface area contributed by atoms with Gasteiger partial charge in [0.1, 0.15) is 0 Å². The van der Waals surface area contributed by atoms with Crippen LogP contribution in [0.2, 0.25) is 0 Å². The second-order valence-corrected chi connectivity index (χ2v) is 4.79. The van der Waals surface area contributed by atoms with Crippen molar-refractivity contribution in [3.8, 4) is 0 Å². The highest BCUT2D eigenvalue weighted by Crippen LogP contribution is 2.33. The normalized spacial score (nSPS) is 17.2. The maximum atomic E-state index is 12.2. The van der Waals surface area contributed by atoms with Crippen molar-refractivity contribution in [3.63, 3.8) is 0 Å². The number of hydrogen-bond acceptors (Lipinski definition) is 2. The number of carboxylic acid groups (broad SMARTS) is 1. The lowest BCUT2D eigenvalue weighted by molar-refractivity contribution is -0.117. The highest BCUT2D eigenvalue weighted by atomic mass is 16.4. The first kappa shape index (κ1) is 12.4. The van der Waals surface area contributed by atoms with E-state index >= 15 is 0 Å². The molecule has 4 heteroatoms. The molecule has 0 aromatic heterocycles. The third-order valence-electron chi connectivity index (χ3n) is 3.59. The number of fused-ring (bicyclic) bond motifs is 1. The van der Waals surface area contributed by atoms with Crippen LogP contribution in [0.5, 0.6) is 0 Å². The van der Waals surface area contributed by atoms with E-state index in [-0.39, 0.29) is 17.4 Å². The lowest BCUT2D eigenvalue weighted by atomic mass is 9.85. The van der Waals surface area contributed by atoms with Crippen LogP contribution in [0, 0.1) is 0 Å². The molecular formula is C16H13NO3. The fourth-order valence-corrected chi connectivity index (χ4v) is 2.60. The molecule has 0 fully saturated rings. The van der Waals surface area contributed by atoms with Gasteiger partial charge in [-0.15, -0.1) is 0 Å². The summed E-state index contributed by atoms with van der Waals surface area (Å²) in [4.78, 5) is 23.5. The first-order valence-corrected chi connectivity index (χ1v) is 6.38. The lowest BCUT2D eigenvalue weighted by Gasteiger charge is -2.26. The molecule has 0 radical (unpaired) electrons. The Bertz CT molecular complexity index is 679. The van der Waals surface area contributed by atoms with Crippen molar-refractivity contribution in [1.29, 1.82) is 0 Å². The number of carbonyl (C=O) groups is 2. The van der Waals surface area contributed by atoms with Crippen molar-refractivity contribution >= 4 is 17.6 Å². The summed E-state index contributed by atoms with van der Waals surface area (Å²) in [6.07, 6.45) is 0.410. The number of carbonyl (C=O) groups excluding carboxylic acids is 1. The number of nitrogens with one attached hydrogen (secondary N) is 1. The molecule has 0 saturated carbocycles. The molecular weight excluding hydrogens is 254 g/mol. The van der Waals surface area contributed by atoms with Crippen LogP contribution < -0.4 is 5.32 Å². The van der Waals surface area contributed by atoms with E-state index in [0.717, 1.165) is 5.56 Å². The number of benzene rings is 2. The van der Waals surface area contributed by atoms with E-state index in [9.17, 15) is 14.7 Å². The Hall–Kier alpha value is -2.62. The molecule has 0 aliphatic carbocycles. The molecule has 1 unspecified atom stereocenters. The zero-order chi connectivity index (χ0) is 14.1. The van der Waals surface area contributed by atoms with Crippen molar-refractivity contribution in [2.45, 2.75) is 12.3 Å². The topological polar surface area (TPSA) is 66.4 Å². The van der Waals surface area contributed by atoms with E-state index < -0.39 is 5.97 Å². The third kappa shape index (κ3) is 2.05. The van der Waals surface area contributed by atoms with Gasteiger partial charge in [-0.2, -0.15) is 0 Å². The van der Waals surface area contributed by atoms with Crippen molar-refractivity contribution in [2.24, 2.45) is 0 Å². The second-order valence-electron chi connectivity index (χ2n) is 4.79. The van der Waals surface area contributed by atoms with Gasteiger partial charge in [0.25, 0.3) is 0 Å². The highest BCUT2D eigenvalue weighted by molar-refractivity contribution is 6.02. The van der Waals surface area contributed by atoms with E-state index in [1.54, 1.807) is 18.2 Å². The van der Waals surface area contributed by atoms with Crippen molar-refractivity contribution < 1.29 is 14.7 Å². The van der Waals surface area contributed by atoms with Crippen LogP contribution in [0.1, 0.15) is 27.4 Å². The van der Waals surface area contributed by atoms with E-state index in [1.807, 2.05) is 30.3 Å². The maximum absolute atomic E-state index is 12.2. The van der Waals surface area contributed by atoms with E-state index in [4.69, 9.17) is 0 Å². The van der Waals surface area contributed by atoms with Gasteiger partial charge in [0.05, 0.1) is 11.5 Å². The zero-order valence-corrected chi connectivity index (χ0v) is 10.7. The molecule has 20 heavy (non-hydrogen) atoms. The largest absolute Gasteiger partial charge is 0.478 e. The van der Waals surface area contributed by atoms with Crippen molar-refractivity contribution in [2.75, 3.05) is 5.32 Å². The fourth-order valence-electron chi connectivity index (χ4n) is 2.60. The van der Waals surface area contributed by atoms with Gasteiger partial charge in [-0.1, -0.05) is 36.4 Å². The molecule has 100 valence electrons. The summed E-state index contributed by atoms with van der Waals surface area (Å²) in [5.41, 5.74) is 2.44. The summed E-state index contributed by atoms with van der Waals surface area (Å²) in [5.74, 6) is -1.40. The molecule has 4 nitrogen and oxygen atoms in total. The van der Waals surface area contributed by atoms with Crippen LogP contribution in [0.3, 0.4) is 0 Å². The first-order valence-electron chi connectivity index (χ1n) is 6.38. The number of rotatable bonds is 2. The van der Waals surface area contributed by atoms with E-state index in [0.29, 0.717) is 17.7 Å². The van der Waals surface area contributed by atoms with Crippen LogP contribution in [0.25, 0.3) is 0 Å². The van der Waals surface area contributed by atoms with E-state index in [1.165, 1.54) is 0 Å². The standard InChI is InChI=1S/C16H13NO3/c18-15-12(10-5-2-1-3-6-10)9-13-11(16(19)20)7-4-8-14(13)17-15/h1-8,12H,9H2,(H,17,18)(H,19,20). The summed E-state index contributed by atoms with van der Waals surface area (Å²) in [5, 5.41) is 12.1. The van der Waals surface area contributed by atoms with Gasteiger partial charge in [0.2, 0.25) is 5.91 Å². The Morgan fingerprint density at radius 1 is 1.10 bits per heavy atom. The summed E-state index contributed by atoms with van der Waals surface area (Å²) in [7, 11) is 0. The Kier molecular flexibility index (Phi) is 2.99. The predicted octanol–water partition coefficient (Wildman–Crippen LogP) is 2.66. The number of hydrogen-bond donors (Lipinski definition) is 2. The molecule has 0 bridgehead atoms. The highest BCUT2D eigenvalue weighted by Gasteiger charge is 2.30. The van der Waals surface area contributed by atoms with Crippen LogP contribution >= 0.6 is 0 Å². The van der Waals surface area contributed by atoms with Crippen molar-refractivity contribution in [3.05, 3.63) is 65.2 Å². The minimum absolute atomic E-state index is 0.0914. The summed E-state index contributed by atoms with van der Waals surface area (Å²) >= 11 is 0. The molecule has 0 saturated heterocycles. The number of anilines is 1. The van der Waals surface area contributed by atoms with Gasteiger partial charge < -0.3 is 10.4 Å². The Morgan fingerprint density at radius 3 is 2.55 bits per heavy atom. The number of aromatic carboxylic acids is 1. The van der Waals surface area contributed by atoms with Crippen LogP contribution in [0.4, 0.5) is 5.69 Å². The number of amides is 1. The van der Waals surface area contributed by atoms with E-state index in [2.05, 4.69) is 5.32 Å². The summed E-state index contributed by atoms with van der Waals surface area (Å²) < 4.78 is 0. The summed E-state index contributed by atoms with van der Waals surface area (Å²) in [6.45, 7) is 0. The van der Waals surface area contributed by atoms with Crippen molar-refractivity contribution in [1.82, 2.24) is 0 Å². The second kappa shape index (κ2) is 4.81. The quantitative estimate of drug-likeness (QED) is 0.879. The lowest BCUT2D eigenvalue weighted by Crippen LogP contribution is -2.29. The van der Waals surface area contributed by atoms with Gasteiger partial charge in [-0.3, -0.25) is 4.79 Å². The molecule has 1 atom stereocenters. The molecule has 1 heterocycles. The smallest absolute Gasteiger partial charge is 0.336 e. The predicted molar refractivity (Wildman–Crippen MR) is 74.9 cm³/mol. The Labute approximate surface area is 116 Å². The Morgan fingerprint density at radius 2 is 1.85 bits per heavy atom. The molecule has 3 rings (SSSR count). The Balaban J connectivity index is 2.05. The minimum atomic E-state index is -0.968. The first-order chi connectivity index (χ1) is 9.66. The van der Waals surface area contributed by atoms with Gasteiger partial charge in [-0.05, 0) is 29.7 Å². The summed E-state index contributed by atoms with van der Waals surface area (Å²) in [6, 6.07) is 14.4. The number of carboxylic acids is 1. The van der Waals surface area contributed by atoms with Crippen LogP contribution in [-0.4, -0.2) is 17.0 Å². The van der Waals surface area contributed by atoms with Crippen LogP contribution in [-0.2, 0) is 11.2 Å². The van der Waals surface area contributed by atoms with Gasteiger partial charge in [-0.25, -0.2) is 4.79 Å². The molecule has 2 aromatic rings. The zero-order valence-electron chi connectivity index (χ0n) is 10.7. The average molecular weight is 267 g/mol. The molecule has 1 aliphatic heterocycles. The fraction of sp³-hybridized carbons (Fsp3) is 0.125. The molecule has 0 spiro atoms. The maximum Gasteiger partial charge on any atom is 0.336 e. The van der Waals surface area contributed by atoms with Gasteiger partial charge in [0.15, 0.2) is 0 Å². The minimum Gasteiger partial charge on any atom is -0.478 e. The third-order valence-corrected chi connectivity index (χ3v) is 3.59. The molecule has 1 aliphatic rings. The molecule has 2 N–H and O–H groups in total. The monoisotopic (exact) mass is 267 g/mol. The van der Waals surface area contributed by atoms with Gasteiger partial charge >= 0.3 is 5.97 Å². The molecule has 1 amide bonds. The van der Waals surface area contributed by atoms with Gasteiger partial charge in [0, 0.05) is 5.69 Å².